The average Bonchev–Trinajstić information content (AvgIpc) is 2.46. The molecule has 0 radical (unpaired) electrons. The molecule has 0 aromatic heterocycles. The number of halogens is 1. The van der Waals surface area contributed by atoms with E-state index in [1.807, 2.05) is 55.6 Å². The van der Waals surface area contributed by atoms with E-state index < -0.39 is 0 Å². The number of hydrogen-bond acceptors (Lipinski definition) is 2. The summed E-state index contributed by atoms with van der Waals surface area (Å²) in [5.74, 6) is -0.0232. The largest absolute Gasteiger partial charge is 0.388 e. The van der Waals surface area contributed by atoms with Crippen LogP contribution in [0.3, 0.4) is 0 Å². The predicted octanol–water partition coefficient (Wildman–Crippen LogP) is 3.77. The molecule has 0 heterocycles. The monoisotopic (exact) mass is 318 g/mol. The van der Waals surface area contributed by atoms with E-state index in [0.717, 1.165) is 15.8 Å². The molecule has 0 aliphatic carbocycles. The van der Waals surface area contributed by atoms with E-state index in [-0.39, 0.29) is 5.91 Å². The summed E-state index contributed by atoms with van der Waals surface area (Å²) in [5.41, 5.74) is 2.53. The van der Waals surface area contributed by atoms with E-state index in [9.17, 15) is 4.79 Å². The Balaban J connectivity index is 2.20. The average molecular weight is 319 g/mol. The molecule has 0 atom stereocenters. The van der Waals surface area contributed by atoms with Gasteiger partial charge in [0.25, 0.3) is 5.91 Å². The minimum Gasteiger partial charge on any atom is -0.388 e. The summed E-state index contributed by atoms with van der Waals surface area (Å²) in [5, 5.41) is 3.03. The first-order chi connectivity index (χ1) is 9.11. The molecule has 98 valence electrons. The Morgan fingerprint density at radius 1 is 1.05 bits per heavy atom. The second kappa shape index (κ2) is 5.89. The summed E-state index contributed by atoms with van der Waals surface area (Å²) in [4.78, 5) is 14.0. The zero-order valence-electron chi connectivity index (χ0n) is 10.9. The van der Waals surface area contributed by atoms with Crippen molar-refractivity contribution in [3.8, 4) is 0 Å². The predicted molar refractivity (Wildman–Crippen MR) is 82.9 cm³/mol. The number of benzene rings is 2. The Morgan fingerprint density at radius 3 is 2.16 bits per heavy atom. The van der Waals surface area contributed by atoms with Crippen molar-refractivity contribution < 1.29 is 4.79 Å². The molecule has 1 amide bonds. The van der Waals surface area contributed by atoms with Gasteiger partial charge in [-0.25, -0.2) is 0 Å². The zero-order chi connectivity index (χ0) is 13.8. The van der Waals surface area contributed by atoms with E-state index in [1.54, 1.807) is 11.9 Å². The Labute approximate surface area is 121 Å². The fraction of sp³-hybridized carbons (Fsp3) is 0.133. The lowest BCUT2D eigenvalue weighted by molar-refractivity contribution is 0.0993. The lowest BCUT2D eigenvalue weighted by Gasteiger charge is -2.17. The molecule has 1 N–H and O–H groups in total. The van der Waals surface area contributed by atoms with Crippen LogP contribution in [-0.4, -0.2) is 20.0 Å². The van der Waals surface area contributed by atoms with E-state index in [1.165, 1.54) is 0 Å². The normalized spacial score (nSPS) is 10.1. The second-order valence-corrected chi connectivity index (χ2v) is 5.08. The molecule has 0 bridgehead atoms. The molecule has 0 fully saturated rings. The van der Waals surface area contributed by atoms with Gasteiger partial charge in [0.2, 0.25) is 0 Å². The third-order valence-electron chi connectivity index (χ3n) is 2.94. The zero-order valence-corrected chi connectivity index (χ0v) is 12.4. The lowest BCUT2D eigenvalue weighted by atomic mass is 10.1. The lowest BCUT2D eigenvalue weighted by Crippen LogP contribution is -2.26. The summed E-state index contributed by atoms with van der Waals surface area (Å²) < 4.78 is 0.996. The smallest absolute Gasteiger partial charge is 0.258 e. The molecule has 2 aromatic carbocycles. The van der Waals surface area contributed by atoms with Crippen LogP contribution < -0.4 is 10.2 Å². The summed E-state index contributed by atoms with van der Waals surface area (Å²) in [6, 6.07) is 15.1. The van der Waals surface area contributed by atoms with Gasteiger partial charge >= 0.3 is 0 Å². The maximum absolute atomic E-state index is 12.3. The van der Waals surface area contributed by atoms with Crippen molar-refractivity contribution in [2.45, 2.75) is 0 Å². The van der Waals surface area contributed by atoms with Crippen LogP contribution in [0.5, 0.6) is 0 Å². The van der Waals surface area contributed by atoms with E-state index in [4.69, 9.17) is 0 Å². The minimum atomic E-state index is -0.0232. The van der Waals surface area contributed by atoms with Crippen LogP contribution in [0, 0.1) is 0 Å². The summed E-state index contributed by atoms with van der Waals surface area (Å²) in [6.07, 6.45) is 0. The van der Waals surface area contributed by atoms with Crippen molar-refractivity contribution in [2.75, 3.05) is 24.3 Å². The highest BCUT2D eigenvalue weighted by atomic mass is 79.9. The van der Waals surface area contributed by atoms with Crippen LogP contribution in [-0.2, 0) is 0 Å². The molecular weight excluding hydrogens is 304 g/mol. The number of nitrogens with zero attached hydrogens (tertiary/aromatic N) is 1. The third kappa shape index (κ3) is 3.15. The van der Waals surface area contributed by atoms with Gasteiger partial charge in [0.05, 0.1) is 0 Å². The number of anilines is 2. The number of amides is 1. The topological polar surface area (TPSA) is 32.3 Å². The van der Waals surface area contributed by atoms with Crippen LogP contribution in [0.4, 0.5) is 11.4 Å². The van der Waals surface area contributed by atoms with Crippen LogP contribution in [0.25, 0.3) is 0 Å². The SMILES string of the molecule is CNc1ccc(C(=O)N(C)c2ccc(Br)cc2)cc1. The van der Waals surface area contributed by atoms with Crippen molar-refractivity contribution in [2.24, 2.45) is 0 Å². The van der Waals surface area contributed by atoms with Gasteiger partial charge in [-0.1, -0.05) is 15.9 Å². The van der Waals surface area contributed by atoms with Gasteiger partial charge in [0.15, 0.2) is 0 Å². The summed E-state index contributed by atoms with van der Waals surface area (Å²) in [6.45, 7) is 0. The fourth-order valence-electron chi connectivity index (χ4n) is 1.76. The van der Waals surface area contributed by atoms with Gasteiger partial charge in [0, 0.05) is 35.5 Å². The van der Waals surface area contributed by atoms with Gasteiger partial charge < -0.3 is 10.2 Å². The molecule has 0 aliphatic rings. The third-order valence-corrected chi connectivity index (χ3v) is 3.47. The Bertz CT molecular complexity index is 564. The molecule has 0 saturated carbocycles. The molecule has 0 saturated heterocycles. The van der Waals surface area contributed by atoms with Crippen LogP contribution >= 0.6 is 15.9 Å². The van der Waals surface area contributed by atoms with Crippen molar-refractivity contribution in [1.82, 2.24) is 0 Å². The van der Waals surface area contributed by atoms with Gasteiger partial charge in [-0.2, -0.15) is 0 Å². The van der Waals surface area contributed by atoms with Gasteiger partial charge in [0.1, 0.15) is 0 Å². The minimum absolute atomic E-state index is 0.0232. The Kier molecular flexibility index (Phi) is 4.22. The van der Waals surface area contributed by atoms with Crippen molar-refractivity contribution in [3.63, 3.8) is 0 Å². The van der Waals surface area contributed by atoms with Gasteiger partial charge in [-0.15, -0.1) is 0 Å². The Hall–Kier alpha value is -1.81. The van der Waals surface area contributed by atoms with Gasteiger partial charge in [-0.05, 0) is 48.5 Å². The maximum Gasteiger partial charge on any atom is 0.258 e. The van der Waals surface area contributed by atoms with Crippen molar-refractivity contribution in [3.05, 3.63) is 58.6 Å². The number of rotatable bonds is 3. The molecule has 2 rings (SSSR count). The highest BCUT2D eigenvalue weighted by Gasteiger charge is 2.13. The standard InChI is InChI=1S/C15H15BrN2O/c1-17-13-7-3-11(4-8-13)15(19)18(2)14-9-5-12(16)6-10-14/h3-10,17H,1-2H3. The first kappa shape index (κ1) is 13.6. The molecule has 4 heteroatoms. The molecule has 19 heavy (non-hydrogen) atoms. The number of hydrogen-bond donors (Lipinski definition) is 1. The number of nitrogens with one attached hydrogen (secondary N) is 1. The molecule has 0 unspecified atom stereocenters. The summed E-state index contributed by atoms with van der Waals surface area (Å²) >= 11 is 3.38. The van der Waals surface area contributed by atoms with Crippen LogP contribution in [0.15, 0.2) is 53.0 Å². The number of carbonyl (C=O) groups excluding carboxylic acids is 1. The number of carbonyl (C=O) groups is 1. The van der Waals surface area contributed by atoms with E-state index >= 15 is 0 Å². The quantitative estimate of drug-likeness (QED) is 0.934. The van der Waals surface area contributed by atoms with E-state index in [0.29, 0.717) is 5.56 Å². The second-order valence-electron chi connectivity index (χ2n) is 4.17. The van der Waals surface area contributed by atoms with Crippen molar-refractivity contribution >= 4 is 33.2 Å². The molecule has 3 nitrogen and oxygen atoms in total. The molecular formula is C15H15BrN2O. The maximum atomic E-state index is 12.3. The van der Waals surface area contributed by atoms with Gasteiger partial charge in [-0.3, -0.25) is 4.79 Å². The highest BCUT2D eigenvalue weighted by Crippen LogP contribution is 2.19. The summed E-state index contributed by atoms with van der Waals surface area (Å²) in [7, 11) is 3.63. The first-order valence-electron chi connectivity index (χ1n) is 5.93. The fourth-order valence-corrected chi connectivity index (χ4v) is 2.02. The first-order valence-corrected chi connectivity index (χ1v) is 6.72. The molecule has 0 aliphatic heterocycles. The molecule has 0 spiro atoms. The van der Waals surface area contributed by atoms with Crippen LogP contribution in [0.1, 0.15) is 10.4 Å². The van der Waals surface area contributed by atoms with Crippen molar-refractivity contribution in [1.29, 1.82) is 0 Å². The van der Waals surface area contributed by atoms with Crippen LogP contribution in [0.2, 0.25) is 0 Å². The highest BCUT2D eigenvalue weighted by molar-refractivity contribution is 9.10. The molecule has 2 aromatic rings. The Morgan fingerprint density at radius 2 is 1.63 bits per heavy atom. The van der Waals surface area contributed by atoms with E-state index in [2.05, 4.69) is 21.2 Å².